The minimum Gasteiger partial charge on any atom is -0.349 e. The highest BCUT2D eigenvalue weighted by atomic mass is 31.2. The lowest BCUT2D eigenvalue weighted by molar-refractivity contribution is -0.231. The molecule has 1 aliphatic rings. The first-order chi connectivity index (χ1) is 22.1. The number of nitrogens with zero attached hydrogens (tertiary/aromatic N) is 3. The summed E-state index contributed by atoms with van der Waals surface area (Å²) in [6.07, 6.45) is -12.6. The third kappa shape index (κ3) is 8.39. The topological polar surface area (TPSA) is 119 Å². The Morgan fingerprint density at radius 2 is 1.60 bits per heavy atom. The molecule has 0 aliphatic carbocycles. The normalized spacial score (nSPS) is 19.7. The largest absolute Gasteiger partial charge is 0.457 e. The molecule has 1 unspecified atom stereocenters. The van der Waals surface area contributed by atoms with E-state index in [-0.39, 0.29) is 43.8 Å². The van der Waals surface area contributed by atoms with Crippen LogP contribution in [0.25, 0.3) is 0 Å². The lowest BCUT2D eigenvalue weighted by Crippen LogP contribution is -2.46. The van der Waals surface area contributed by atoms with E-state index in [0.29, 0.717) is 27.7 Å². The van der Waals surface area contributed by atoms with Gasteiger partial charge in [-0.05, 0) is 41.8 Å². The van der Waals surface area contributed by atoms with Crippen LogP contribution in [0.15, 0.2) is 83.7 Å². The maximum absolute atomic E-state index is 13.5. The second-order valence-electron chi connectivity index (χ2n) is 10.7. The Morgan fingerprint density at radius 1 is 1.00 bits per heavy atom. The van der Waals surface area contributed by atoms with Gasteiger partial charge in [0.1, 0.15) is 5.82 Å². The Hall–Kier alpha value is -3.79. The van der Waals surface area contributed by atoms with Crippen molar-refractivity contribution < 1.29 is 49.8 Å². The summed E-state index contributed by atoms with van der Waals surface area (Å²) in [4.78, 5) is 27.3. The first-order valence-electron chi connectivity index (χ1n) is 14.2. The molecule has 17 heteroatoms. The quantitative estimate of drug-likeness (QED) is 0.144. The Labute approximate surface area is 264 Å². The number of aromatic amines is 1. The average molecular weight is 687 g/mol. The number of morpholine rings is 1. The molecule has 0 saturated carbocycles. The number of hydrogen-bond acceptors (Lipinski definition) is 7. The second-order valence-corrected chi connectivity index (χ2v) is 12.3. The highest BCUT2D eigenvalue weighted by molar-refractivity contribution is 7.50. The number of benzene rings is 3. The van der Waals surface area contributed by atoms with E-state index >= 15 is 0 Å². The van der Waals surface area contributed by atoms with Crippen molar-refractivity contribution in [3.05, 3.63) is 123 Å². The summed E-state index contributed by atoms with van der Waals surface area (Å²) in [5.74, 6) is -0.0186. The lowest BCUT2D eigenvalue weighted by Gasteiger charge is -2.41. The molecule has 10 nitrogen and oxygen atoms in total. The van der Waals surface area contributed by atoms with Crippen molar-refractivity contribution in [1.82, 2.24) is 19.4 Å². The number of alkyl halides is 6. The van der Waals surface area contributed by atoms with E-state index in [2.05, 4.69) is 10.1 Å². The van der Waals surface area contributed by atoms with Gasteiger partial charge in [0.05, 0.1) is 43.0 Å². The number of aromatic nitrogens is 3. The third-order valence-corrected chi connectivity index (χ3v) is 8.57. The molecule has 2 heterocycles. The van der Waals surface area contributed by atoms with Crippen molar-refractivity contribution in [3.8, 4) is 0 Å². The molecule has 0 amide bonds. The van der Waals surface area contributed by atoms with Gasteiger partial charge in [0.25, 0.3) is 0 Å². The van der Waals surface area contributed by atoms with Crippen LogP contribution in [0.4, 0.5) is 26.3 Å². The molecule has 252 valence electrons. The van der Waals surface area contributed by atoms with Crippen molar-refractivity contribution in [3.63, 3.8) is 0 Å². The average Bonchev–Trinajstić information content (AvgIpc) is 3.40. The fraction of sp³-hybridized carbons (Fsp3) is 0.333. The van der Waals surface area contributed by atoms with Gasteiger partial charge >= 0.3 is 25.8 Å². The standard InChI is InChI=1S/C30H29F6N4O6P/c1-19(22-14-23(29(31,32)33)16-24(15-22)30(34,35)36)46-27-26(21-10-6-3-7-11-21)39(12-13-44-27)17-25-37-28(41)40(38-25)47(42,43)45-18-20-8-4-2-5-9-20/h2-11,14-16,19,26-27H,12-13,17-18H2,1H3,(H,42,43)(H,37,38,41)/t19-,26+,27-/m1/s1. The maximum atomic E-state index is 13.5. The highest BCUT2D eigenvalue weighted by Gasteiger charge is 2.40. The molecule has 4 aromatic rings. The van der Waals surface area contributed by atoms with E-state index in [1.165, 1.54) is 6.92 Å². The van der Waals surface area contributed by atoms with E-state index in [1.807, 2.05) is 0 Å². The fourth-order valence-corrected chi connectivity index (χ4v) is 6.00. The molecule has 3 aromatic carbocycles. The molecule has 2 N–H and O–H groups in total. The van der Waals surface area contributed by atoms with Gasteiger partial charge in [0.15, 0.2) is 6.29 Å². The van der Waals surface area contributed by atoms with Crippen molar-refractivity contribution in [1.29, 1.82) is 0 Å². The van der Waals surface area contributed by atoms with E-state index in [4.69, 9.17) is 14.0 Å². The van der Waals surface area contributed by atoms with Crippen LogP contribution in [0, 0.1) is 0 Å². The van der Waals surface area contributed by atoms with Gasteiger partial charge in [-0.2, -0.15) is 26.3 Å². The number of rotatable bonds is 10. The fourth-order valence-electron chi connectivity index (χ4n) is 5.07. The van der Waals surface area contributed by atoms with Gasteiger partial charge in [-0.3, -0.25) is 14.4 Å². The molecule has 0 radical (unpaired) electrons. The Morgan fingerprint density at radius 3 is 2.19 bits per heavy atom. The third-order valence-electron chi connectivity index (χ3n) is 7.35. The van der Waals surface area contributed by atoms with Crippen molar-refractivity contribution in [2.75, 3.05) is 13.2 Å². The summed E-state index contributed by atoms with van der Waals surface area (Å²) in [7, 11) is -4.72. The molecule has 0 bridgehead atoms. The zero-order chi connectivity index (χ0) is 34.0. The van der Waals surface area contributed by atoms with Crippen LogP contribution >= 0.6 is 7.75 Å². The Kier molecular flexibility index (Phi) is 10.1. The molecule has 1 saturated heterocycles. The van der Waals surface area contributed by atoms with Gasteiger partial charge in [0, 0.05) is 6.54 Å². The second kappa shape index (κ2) is 13.7. The molecule has 5 rings (SSSR count). The van der Waals surface area contributed by atoms with E-state index < -0.39 is 55.4 Å². The monoisotopic (exact) mass is 686 g/mol. The van der Waals surface area contributed by atoms with Crippen LogP contribution in [-0.2, 0) is 44.1 Å². The van der Waals surface area contributed by atoms with Crippen LogP contribution in [0.3, 0.4) is 0 Å². The van der Waals surface area contributed by atoms with E-state index in [9.17, 15) is 40.6 Å². The van der Waals surface area contributed by atoms with Gasteiger partial charge in [0.2, 0.25) is 0 Å². The van der Waals surface area contributed by atoms with Crippen LogP contribution in [0.2, 0.25) is 0 Å². The van der Waals surface area contributed by atoms with Gasteiger partial charge in [-0.1, -0.05) is 60.7 Å². The van der Waals surface area contributed by atoms with Gasteiger partial charge in [-0.25, -0.2) is 9.36 Å². The van der Waals surface area contributed by atoms with Crippen molar-refractivity contribution in [2.45, 2.75) is 50.9 Å². The van der Waals surface area contributed by atoms with Crippen LogP contribution in [0.5, 0.6) is 0 Å². The Bertz CT molecular complexity index is 1730. The number of halogens is 6. The summed E-state index contributed by atoms with van der Waals surface area (Å²) >= 11 is 0. The zero-order valence-electron chi connectivity index (χ0n) is 24.6. The molecule has 1 aromatic heterocycles. The van der Waals surface area contributed by atoms with E-state index in [1.54, 1.807) is 65.6 Å². The molecule has 4 atom stereocenters. The summed E-state index contributed by atoms with van der Waals surface area (Å²) in [5, 5.41) is 3.99. The SMILES string of the molecule is C[C@@H](O[C@H]1OCCN(Cc2nn(P(=O)(O)OCc3ccccc3)c(=O)[nH]2)[C@H]1c1ccccc1)c1cc(C(F)(F)F)cc(C(F)(F)F)c1. The first kappa shape index (κ1) is 34.5. The smallest absolute Gasteiger partial charge is 0.349 e. The first-order valence-corrected chi connectivity index (χ1v) is 15.7. The summed E-state index contributed by atoms with van der Waals surface area (Å²) in [6.45, 7) is 1.19. The number of H-pyrrole nitrogens is 1. The predicted octanol–water partition coefficient (Wildman–Crippen LogP) is 6.45. The van der Waals surface area contributed by atoms with Gasteiger partial charge in [-0.15, -0.1) is 9.55 Å². The summed E-state index contributed by atoms with van der Waals surface area (Å²) < 4.78 is 111. The van der Waals surface area contributed by atoms with Crippen molar-refractivity contribution in [2.24, 2.45) is 0 Å². The highest BCUT2D eigenvalue weighted by Crippen LogP contribution is 2.43. The molecule has 1 fully saturated rings. The zero-order valence-corrected chi connectivity index (χ0v) is 25.5. The van der Waals surface area contributed by atoms with Crippen LogP contribution in [0.1, 0.15) is 52.7 Å². The number of hydrogen-bond donors (Lipinski definition) is 2. The van der Waals surface area contributed by atoms with Crippen LogP contribution < -0.4 is 5.69 Å². The molecular weight excluding hydrogens is 657 g/mol. The summed E-state index contributed by atoms with van der Waals surface area (Å²) in [5.41, 5.74) is -3.12. The molecular formula is C30H29F6N4O6P. The molecule has 47 heavy (non-hydrogen) atoms. The van der Waals surface area contributed by atoms with Crippen LogP contribution in [-0.4, -0.2) is 43.8 Å². The van der Waals surface area contributed by atoms with E-state index in [0.717, 1.165) is 0 Å². The molecule has 1 aliphatic heterocycles. The minimum absolute atomic E-state index is 0.0186. The summed E-state index contributed by atoms with van der Waals surface area (Å²) in [6, 6.07) is 17.6. The van der Waals surface area contributed by atoms with Crippen molar-refractivity contribution >= 4 is 7.75 Å². The maximum Gasteiger partial charge on any atom is 0.457 e. The predicted molar refractivity (Wildman–Crippen MR) is 155 cm³/mol. The minimum atomic E-state index is -5.04. The molecule has 0 spiro atoms. The Balaban J connectivity index is 1.40. The van der Waals surface area contributed by atoms with Gasteiger partial charge < -0.3 is 14.4 Å². The number of ether oxygens (including phenoxy) is 2. The lowest BCUT2D eigenvalue weighted by atomic mass is 10.0. The number of nitrogens with one attached hydrogen (secondary N) is 1.